The molecule has 2 aliphatic rings. The van der Waals surface area contributed by atoms with Gasteiger partial charge in [-0.3, -0.25) is 9.78 Å². The first kappa shape index (κ1) is 16.3. The molecule has 3 aromatic rings. The summed E-state index contributed by atoms with van der Waals surface area (Å²) in [5, 5.41) is 0. The van der Waals surface area contributed by atoms with E-state index in [0.717, 1.165) is 31.6 Å². The van der Waals surface area contributed by atoms with Gasteiger partial charge in [0.2, 0.25) is 0 Å². The zero-order valence-corrected chi connectivity index (χ0v) is 14.8. The van der Waals surface area contributed by atoms with Gasteiger partial charge >= 0.3 is 5.69 Å². The van der Waals surface area contributed by atoms with Gasteiger partial charge in [0.05, 0.1) is 11.6 Å². The number of hydrogen-bond acceptors (Lipinski definition) is 4. The summed E-state index contributed by atoms with van der Waals surface area (Å²) in [6.07, 6.45) is 1.90. The number of rotatable bonds is 2. The zero-order valence-electron chi connectivity index (χ0n) is 14.8. The highest BCUT2D eigenvalue weighted by Gasteiger charge is 2.55. The number of amides is 1. The molecule has 4 heterocycles. The number of benzene rings is 1. The maximum absolute atomic E-state index is 13.2. The molecule has 1 unspecified atom stereocenters. The summed E-state index contributed by atoms with van der Waals surface area (Å²) < 4.78 is 5.56. The van der Waals surface area contributed by atoms with Crippen molar-refractivity contribution >= 4 is 17.1 Å². The summed E-state index contributed by atoms with van der Waals surface area (Å²) in [6.45, 7) is 2.18. The van der Waals surface area contributed by atoms with E-state index in [1.807, 2.05) is 23.1 Å². The average molecular weight is 364 g/mol. The number of aromatic amines is 2. The largest absolute Gasteiger partial charge is 0.381 e. The van der Waals surface area contributed by atoms with Crippen LogP contribution in [0.25, 0.3) is 11.2 Å². The van der Waals surface area contributed by atoms with Crippen LogP contribution in [0.4, 0.5) is 0 Å². The lowest BCUT2D eigenvalue weighted by atomic mass is 9.64. The minimum atomic E-state index is -0.325. The van der Waals surface area contributed by atoms with Crippen molar-refractivity contribution in [1.29, 1.82) is 0 Å². The lowest BCUT2D eigenvalue weighted by Gasteiger charge is -2.59. The van der Waals surface area contributed by atoms with Gasteiger partial charge < -0.3 is 14.6 Å². The van der Waals surface area contributed by atoms with E-state index in [9.17, 15) is 9.59 Å². The van der Waals surface area contributed by atoms with E-state index < -0.39 is 0 Å². The lowest BCUT2D eigenvalue weighted by Crippen LogP contribution is -2.62. The molecule has 0 bridgehead atoms. The molecule has 2 saturated heterocycles. The second-order valence-corrected chi connectivity index (χ2v) is 7.39. The fraction of sp³-hybridized carbons (Fsp3) is 0.350. The molecule has 2 aliphatic heterocycles. The molecular weight excluding hydrogens is 344 g/mol. The topological polar surface area (TPSA) is 91.1 Å². The molecule has 1 aromatic carbocycles. The zero-order chi connectivity index (χ0) is 18.4. The molecule has 7 nitrogen and oxygen atoms in total. The SMILES string of the molecule is O=C(c1ccc2[nH]c(=O)[nH]c2n1)N1CC2(CCOCC2)C1c1ccccc1. The number of ether oxygens (including phenoxy) is 1. The predicted molar refractivity (Wildman–Crippen MR) is 99.4 cm³/mol. The molecule has 2 aromatic heterocycles. The molecule has 138 valence electrons. The smallest absolute Gasteiger partial charge is 0.325 e. The van der Waals surface area contributed by atoms with Crippen molar-refractivity contribution in [2.75, 3.05) is 19.8 Å². The molecule has 27 heavy (non-hydrogen) atoms. The molecule has 1 amide bonds. The monoisotopic (exact) mass is 364 g/mol. The number of carbonyl (C=O) groups excluding carboxylic acids is 1. The maximum Gasteiger partial charge on any atom is 0.325 e. The number of fused-ring (bicyclic) bond motifs is 1. The van der Waals surface area contributed by atoms with Crippen LogP contribution >= 0.6 is 0 Å². The highest BCUT2D eigenvalue weighted by Crippen LogP contribution is 2.55. The second-order valence-electron chi connectivity index (χ2n) is 7.39. The average Bonchev–Trinajstić information content (AvgIpc) is 3.06. The molecule has 1 spiro atoms. The minimum absolute atomic E-state index is 0.0258. The van der Waals surface area contributed by atoms with Gasteiger partial charge in [0, 0.05) is 25.2 Å². The quantitative estimate of drug-likeness (QED) is 0.730. The van der Waals surface area contributed by atoms with E-state index in [0.29, 0.717) is 23.4 Å². The summed E-state index contributed by atoms with van der Waals surface area (Å²) in [6, 6.07) is 13.6. The van der Waals surface area contributed by atoms with Gasteiger partial charge in [-0.2, -0.15) is 0 Å². The molecular formula is C20H20N4O3. The Morgan fingerprint density at radius 3 is 2.67 bits per heavy atom. The number of likely N-dealkylation sites (tertiary alicyclic amines) is 1. The van der Waals surface area contributed by atoms with Gasteiger partial charge in [-0.1, -0.05) is 30.3 Å². The predicted octanol–water partition coefficient (Wildman–Crippen LogP) is 2.25. The van der Waals surface area contributed by atoms with Crippen LogP contribution in [0.2, 0.25) is 0 Å². The van der Waals surface area contributed by atoms with Crippen LogP contribution in [0.1, 0.15) is 34.9 Å². The third-order valence-electron chi connectivity index (χ3n) is 5.84. The Hall–Kier alpha value is -2.93. The van der Waals surface area contributed by atoms with E-state index >= 15 is 0 Å². The van der Waals surface area contributed by atoms with Crippen molar-refractivity contribution in [3.63, 3.8) is 0 Å². The van der Waals surface area contributed by atoms with Gasteiger partial charge in [0.15, 0.2) is 5.65 Å². The van der Waals surface area contributed by atoms with E-state index in [2.05, 4.69) is 27.1 Å². The van der Waals surface area contributed by atoms with Crippen LogP contribution in [0.5, 0.6) is 0 Å². The summed E-state index contributed by atoms with van der Waals surface area (Å²) >= 11 is 0. The van der Waals surface area contributed by atoms with Gasteiger partial charge in [-0.25, -0.2) is 9.78 Å². The van der Waals surface area contributed by atoms with Gasteiger partial charge in [0.25, 0.3) is 5.91 Å². The normalized spacial score (nSPS) is 21.3. The summed E-state index contributed by atoms with van der Waals surface area (Å²) in [5.41, 5.74) is 2.25. The van der Waals surface area contributed by atoms with Crippen molar-refractivity contribution < 1.29 is 9.53 Å². The van der Waals surface area contributed by atoms with Gasteiger partial charge in [-0.15, -0.1) is 0 Å². The van der Waals surface area contributed by atoms with Crippen molar-refractivity contribution in [3.05, 3.63) is 64.2 Å². The van der Waals surface area contributed by atoms with E-state index in [1.54, 1.807) is 12.1 Å². The molecule has 2 N–H and O–H groups in total. The van der Waals surface area contributed by atoms with Crippen LogP contribution in [0.15, 0.2) is 47.3 Å². The molecule has 5 rings (SSSR count). The Bertz CT molecular complexity index is 1050. The highest BCUT2D eigenvalue weighted by atomic mass is 16.5. The van der Waals surface area contributed by atoms with Gasteiger partial charge in [-0.05, 0) is 30.5 Å². The Morgan fingerprint density at radius 2 is 1.89 bits per heavy atom. The molecule has 0 radical (unpaired) electrons. The van der Waals surface area contributed by atoms with Crippen LogP contribution in [0.3, 0.4) is 0 Å². The van der Waals surface area contributed by atoms with E-state index in [4.69, 9.17) is 4.74 Å². The van der Waals surface area contributed by atoms with Crippen LogP contribution in [0, 0.1) is 5.41 Å². The number of carbonyl (C=O) groups is 1. The molecule has 1 atom stereocenters. The second kappa shape index (κ2) is 6.06. The third kappa shape index (κ3) is 2.57. The first-order valence-corrected chi connectivity index (χ1v) is 9.19. The Labute approximate surface area is 155 Å². The van der Waals surface area contributed by atoms with Crippen LogP contribution < -0.4 is 5.69 Å². The number of aromatic nitrogens is 3. The number of H-pyrrole nitrogens is 2. The standard InChI is InChI=1S/C20H20N4O3/c25-18(15-7-6-14-17(21-15)23-19(26)22-14)24-12-20(8-10-27-11-9-20)16(24)13-4-2-1-3-5-13/h1-7,16H,8-12H2,(H2,21,22,23,26). The minimum Gasteiger partial charge on any atom is -0.381 e. The van der Waals surface area contributed by atoms with Crippen LogP contribution in [-0.4, -0.2) is 45.5 Å². The highest BCUT2D eigenvalue weighted by molar-refractivity contribution is 5.95. The summed E-state index contributed by atoms with van der Waals surface area (Å²) in [7, 11) is 0. The Balaban J connectivity index is 1.50. The first-order valence-electron chi connectivity index (χ1n) is 9.19. The van der Waals surface area contributed by atoms with E-state index in [-0.39, 0.29) is 23.1 Å². The summed E-state index contributed by atoms with van der Waals surface area (Å²) in [4.78, 5) is 36.2. The number of imidazole rings is 1. The molecule has 2 fully saturated rings. The number of hydrogen-bond donors (Lipinski definition) is 2. The maximum atomic E-state index is 13.2. The van der Waals surface area contributed by atoms with E-state index in [1.165, 1.54) is 0 Å². The van der Waals surface area contributed by atoms with Crippen molar-refractivity contribution in [1.82, 2.24) is 19.9 Å². The molecule has 0 aliphatic carbocycles. The molecule has 7 heteroatoms. The molecule has 0 saturated carbocycles. The Kier molecular flexibility index (Phi) is 3.65. The first-order chi connectivity index (χ1) is 13.2. The lowest BCUT2D eigenvalue weighted by molar-refractivity contribution is -0.115. The fourth-order valence-corrected chi connectivity index (χ4v) is 4.49. The number of nitrogens with one attached hydrogen (secondary N) is 2. The fourth-order valence-electron chi connectivity index (χ4n) is 4.49. The van der Waals surface area contributed by atoms with Gasteiger partial charge in [0.1, 0.15) is 5.69 Å². The van der Waals surface area contributed by atoms with Crippen molar-refractivity contribution in [2.45, 2.75) is 18.9 Å². The van der Waals surface area contributed by atoms with Crippen molar-refractivity contribution in [3.8, 4) is 0 Å². The number of pyridine rings is 1. The third-order valence-corrected chi connectivity index (χ3v) is 5.84. The van der Waals surface area contributed by atoms with Crippen molar-refractivity contribution in [2.24, 2.45) is 5.41 Å². The Morgan fingerprint density at radius 1 is 1.11 bits per heavy atom. The summed E-state index contributed by atoms with van der Waals surface area (Å²) in [5.74, 6) is -0.107. The van der Waals surface area contributed by atoms with Crippen LogP contribution in [-0.2, 0) is 4.74 Å². The number of nitrogens with zero attached hydrogens (tertiary/aromatic N) is 2.